The number of piperidine rings is 2. The van der Waals surface area contributed by atoms with Gasteiger partial charge in [0.15, 0.2) is 6.17 Å². The van der Waals surface area contributed by atoms with Crippen LogP contribution in [-0.2, 0) is 14.4 Å². The third-order valence-corrected chi connectivity index (χ3v) is 6.68. The molecule has 2 aromatic rings. The summed E-state index contributed by atoms with van der Waals surface area (Å²) >= 11 is 0. The van der Waals surface area contributed by atoms with Crippen molar-refractivity contribution in [1.82, 2.24) is 10.3 Å². The number of aromatic nitrogens is 1. The number of ether oxygens (including phenoxy) is 1. The SMILES string of the molecule is N#Cc1cc(-c2ccnc(N3C(=O)C4CC4C3=O)c2)ccc1O[C@]1(C(=O)CO)CCNC[C@H]1F. The Morgan fingerprint density at radius 1 is 1.26 bits per heavy atom. The van der Waals surface area contributed by atoms with Crippen LogP contribution in [0.15, 0.2) is 36.5 Å². The predicted octanol–water partition coefficient (Wildman–Crippen LogP) is 1.14. The normalized spacial score (nSPS) is 27.8. The van der Waals surface area contributed by atoms with Gasteiger partial charge < -0.3 is 15.2 Å². The summed E-state index contributed by atoms with van der Waals surface area (Å²) in [5.41, 5.74) is -0.614. The van der Waals surface area contributed by atoms with Gasteiger partial charge in [0.25, 0.3) is 0 Å². The van der Waals surface area contributed by atoms with Crippen LogP contribution in [0, 0.1) is 23.2 Å². The molecule has 0 radical (unpaired) electrons. The second kappa shape index (κ2) is 8.27. The van der Waals surface area contributed by atoms with Gasteiger partial charge >= 0.3 is 0 Å². The summed E-state index contributed by atoms with van der Waals surface area (Å²) in [5, 5.41) is 22.0. The zero-order valence-corrected chi connectivity index (χ0v) is 18.0. The monoisotopic (exact) mass is 464 g/mol. The molecule has 1 aliphatic carbocycles. The Kier molecular flexibility index (Phi) is 5.38. The van der Waals surface area contributed by atoms with E-state index in [1.807, 2.05) is 6.07 Å². The van der Waals surface area contributed by atoms with Crippen molar-refractivity contribution >= 4 is 23.4 Å². The number of alkyl halides is 1. The molecule has 3 fully saturated rings. The Morgan fingerprint density at radius 2 is 2.00 bits per heavy atom. The summed E-state index contributed by atoms with van der Waals surface area (Å²) in [6, 6.07) is 9.90. The van der Waals surface area contributed by atoms with E-state index in [1.165, 1.54) is 18.3 Å². The minimum Gasteiger partial charge on any atom is -0.475 e. The van der Waals surface area contributed by atoms with Gasteiger partial charge in [-0.25, -0.2) is 14.3 Å². The number of imide groups is 1. The number of pyridine rings is 1. The van der Waals surface area contributed by atoms with Gasteiger partial charge in [-0.3, -0.25) is 14.4 Å². The van der Waals surface area contributed by atoms with E-state index in [1.54, 1.807) is 18.2 Å². The first-order valence-electron chi connectivity index (χ1n) is 11.0. The van der Waals surface area contributed by atoms with Crippen LogP contribution in [0.1, 0.15) is 18.4 Å². The summed E-state index contributed by atoms with van der Waals surface area (Å²) in [6.45, 7) is -0.668. The Labute approximate surface area is 194 Å². The summed E-state index contributed by atoms with van der Waals surface area (Å²) in [5.74, 6) is -1.53. The summed E-state index contributed by atoms with van der Waals surface area (Å²) in [6.07, 6.45) is 0.380. The molecule has 3 aliphatic rings. The fourth-order valence-corrected chi connectivity index (χ4v) is 4.65. The van der Waals surface area contributed by atoms with Gasteiger partial charge in [0.2, 0.25) is 23.2 Å². The van der Waals surface area contributed by atoms with Crippen LogP contribution in [-0.4, -0.2) is 59.2 Å². The van der Waals surface area contributed by atoms with Gasteiger partial charge in [0, 0.05) is 19.2 Å². The molecule has 10 heteroatoms. The lowest BCUT2D eigenvalue weighted by Gasteiger charge is -2.39. The Balaban J connectivity index is 1.46. The second-order valence-corrected chi connectivity index (χ2v) is 8.68. The van der Waals surface area contributed by atoms with Gasteiger partial charge in [-0.05, 0) is 48.4 Å². The van der Waals surface area contributed by atoms with Crippen molar-refractivity contribution in [2.45, 2.75) is 24.6 Å². The van der Waals surface area contributed by atoms with Crippen LogP contribution in [0.3, 0.4) is 0 Å². The lowest BCUT2D eigenvalue weighted by molar-refractivity contribution is -0.146. The third kappa shape index (κ3) is 3.45. The summed E-state index contributed by atoms with van der Waals surface area (Å²) in [4.78, 5) is 42.5. The molecule has 1 aromatic carbocycles. The van der Waals surface area contributed by atoms with Crippen molar-refractivity contribution in [3.8, 4) is 22.9 Å². The zero-order chi connectivity index (χ0) is 24.0. The smallest absolute Gasteiger partial charge is 0.238 e. The van der Waals surface area contributed by atoms with E-state index in [2.05, 4.69) is 10.3 Å². The number of aliphatic hydroxyl groups is 1. The van der Waals surface area contributed by atoms with Gasteiger partial charge in [-0.15, -0.1) is 0 Å². The molecule has 9 nitrogen and oxygen atoms in total. The van der Waals surface area contributed by atoms with E-state index >= 15 is 0 Å². The van der Waals surface area contributed by atoms with Crippen LogP contribution in [0.25, 0.3) is 11.1 Å². The molecule has 2 saturated heterocycles. The van der Waals surface area contributed by atoms with Gasteiger partial charge in [-0.1, -0.05) is 6.07 Å². The predicted molar refractivity (Wildman–Crippen MR) is 116 cm³/mol. The first-order valence-corrected chi connectivity index (χ1v) is 11.0. The molecule has 1 aromatic heterocycles. The molecule has 2 amide bonds. The van der Waals surface area contributed by atoms with Crippen LogP contribution >= 0.6 is 0 Å². The molecule has 1 saturated carbocycles. The number of carbonyl (C=O) groups excluding carboxylic acids is 3. The van der Waals surface area contributed by atoms with Crippen molar-refractivity contribution < 1.29 is 28.6 Å². The highest BCUT2D eigenvalue weighted by Gasteiger charge is 2.59. The number of hydrogen-bond donors (Lipinski definition) is 2. The molecular formula is C24H21FN4O5. The Morgan fingerprint density at radius 3 is 2.68 bits per heavy atom. The van der Waals surface area contributed by atoms with Crippen molar-refractivity contribution in [3.63, 3.8) is 0 Å². The number of nitriles is 1. The molecule has 2 unspecified atom stereocenters. The maximum Gasteiger partial charge on any atom is 0.238 e. The topological polar surface area (TPSA) is 133 Å². The molecule has 3 heterocycles. The van der Waals surface area contributed by atoms with Crippen molar-refractivity contribution in [1.29, 1.82) is 5.26 Å². The zero-order valence-electron chi connectivity index (χ0n) is 18.0. The standard InChI is InChI=1S/C24H21FN4O5/c25-19-11-27-6-4-24(19,20(31)12-30)34-18-2-1-13(7-15(18)10-26)14-3-5-28-21(8-14)29-22(32)16-9-17(16)23(29)33/h1-3,5,7-8,16-17,19,27,30H,4,6,9,11-12H2/t16?,17?,19-,24-/m1/s1. The maximum absolute atomic E-state index is 14.8. The van der Waals surface area contributed by atoms with E-state index in [-0.39, 0.29) is 53.7 Å². The van der Waals surface area contributed by atoms with Gasteiger partial charge in [0.05, 0.1) is 17.4 Å². The average Bonchev–Trinajstić information content (AvgIpc) is 3.62. The van der Waals surface area contributed by atoms with E-state index in [0.717, 1.165) is 4.90 Å². The van der Waals surface area contributed by atoms with E-state index in [9.17, 15) is 29.1 Å². The first kappa shape index (κ1) is 22.1. The number of carbonyl (C=O) groups is 3. The number of rotatable bonds is 6. The molecule has 2 N–H and O–H groups in total. The van der Waals surface area contributed by atoms with Crippen LogP contribution < -0.4 is 15.0 Å². The molecule has 4 atom stereocenters. The van der Waals surface area contributed by atoms with Gasteiger partial charge in [-0.2, -0.15) is 5.26 Å². The number of nitrogens with one attached hydrogen (secondary N) is 1. The number of Topliss-reactive ketones (excluding diaryl/α,β-unsaturated/α-hetero) is 1. The van der Waals surface area contributed by atoms with E-state index in [0.29, 0.717) is 24.1 Å². The number of aliphatic hydroxyl groups excluding tert-OH is 1. The number of benzene rings is 1. The summed E-state index contributed by atoms with van der Waals surface area (Å²) < 4.78 is 20.6. The van der Waals surface area contributed by atoms with Crippen molar-refractivity contribution in [2.75, 3.05) is 24.6 Å². The van der Waals surface area contributed by atoms with Gasteiger partial charge in [0.1, 0.15) is 24.2 Å². The third-order valence-electron chi connectivity index (χ3n) is 6.68. The molecule has 0 bridgehead atoms. The minimum atomic E-state index is -1.88. The second-order valence-electron chi connectivity index (χ2n) is 8.68. The molecule has 34 heavy (non-hydrogen) atoms. The lowest BCUT2D eigenvalue weighted by Crippen LogP contribution is -2.61. The number of hydrogen-bond acceptors (Lipinski definition) is 8. The fraction of sp³-hybridized carbons (Fsp3) is 0.375. The number of halogens is 1. The summed E-state index contributed by atoms with van der Waals surface area (Å²) in [7, 11) is 0. The van der Waals surface area contributed by atoms with Crippen molar-refractivity contribution in [3.05, 3.63) is 42.1 Å². The first-order chi connectivity index (χ1) is 16.4. The van der Waals surface area contributed by atoms with Crippen LogP contribution in [0.2, 0.25) is 0 Å². The molecule has 0 spiro atoms. The maximum atomic E-state index is 14.8. The van der Waals surface area contributed by atoms with E-state index < -0.39 is 24.2 Å². The fourth-order valence-electron chi connectivity index (χ4n) is 4.65. The van der Waals surface area contributed by atoms with Crippen LogP contribution in [0.5, 0.6) is 5.75 Å². The molecular weight excluding hydrogens is 443 g/mol. The minimum absolute atomic E-state index is 0.00771. The molecule has 2 aliphatic heterocycles. The number of nitrogens with zero attached hydrogens (tertiary/aromatic N) is 3. The Hall–Kier alpha value is -3.68. The molecule has 174 valence electrons. The highest BCUT2D eigenvalue weighted by atomic mass is 19.1. The lowest BCUT2D eigenvalue weighted by atomic mass is 9.86. The van der Waals surface area contributed by atoms with E-state index in [4.69, 9.17) is 4.74 Å². The largest absolute Gasteiger partial charge is 0.475 e. The number of amides is 2. The Bertz CT molecular complexity index is 1220. The number of fused-ring (bicyclic) bond motifs is 1. The van der Waals surface area contributed by atoms with Crippen LogP contribution in [0.4, 0.5) is 10.2 Å². The molecule has 5 rings (SSSR count). The number of ketones is 1. The average molecular weight is 464 g/mol. The highest BCUT2D eigenvalue weighted by molar-refractivity contribution is 6.24. The van der Waals surface area contributed by atoms with Crippen molar-refractivity contribution in [2.24, 2.45) is 11.8 Å². The number of anilines is 1. The quantitative estimate of drug-likeness (QED) is 0.609. The highest BCUT2D eigenvalue weighted by Crippen LogP contribution is 2.48.